The van der Waals surface area contributed by atoms with Crippen LogP contribution in [0, 0.1) is 13.8 Å². The molecule has 6 heteroatoms. The Morgan fingerprint density at radius 3 is 2.55 bits per heavy atom. The zero-order valence-corrected chi connectivity index (χ0v) is 15.5. The van der Waals surface area contributed by atoms with Crippen molar-refractivity contribution < 1.29 is 9.15 Å². The summed E-state index contributed by atoms with van der Waals surface area (Å²) in [5.41, 5.74) is 11.2. The van der Waals surface area contributed by atoms with Gasteiger partial charge in [-0.15, -0.1) is 0 Å². The number of nitrogens with two attached hydrogens (primary N) is 1. The van der Waals surface area contributed by atoms with Gasteiger partial charge in [0.25, 0.3) is 0 Å². The SMILES string of the molecule is COc1c(N)cc(-c2nc3cc(C)c(C)c(Br)c3o2)cc1Br. The molecule has 2 N–H and O–H groups in total. The summed E-state index contributed by atoms with van der Waals surface area (Å²) in [5.74, 6) is 1.13. The van der Waals surface area contributed by atoms with Gasteiger partial charge in [0.05, 0.1) is 21.7 Å². The summed E-state index contributed by atoms with van der Waals surface area (Å²) in [6, 6.07) is 5.69. The molecule has 3 rings (SSSR count). The molecular weight excluding hydrogens is 412 g/mol. The van der Waals surface area contributed by atoms with Gasteiger partial charge in [-0.05, 0) is 75.0 Å². The Bertz CT molecular complexity index is 864. The number of nitrogens with zero attached hydrogens (tertiary/aromatic N) is 1. The van der Waals surface area contributed by atoms with Crippen LogP contribution >= 0.6 is 31.9 Å². The molecule has 0 fully saturated rings. The fourth-order valence-electron chi connectivity index (χ4n) is 2.32. The van der Waals surface area contributed by atoms with Crippen LogP contribution in [0.15, 0.2) is 31.6 Å². The second kappa shape index (κ2) is 5.59. The highest BCUT2D eigenvalue weighted by Crippen LogP contribution is 2.38. The average molecular weight is 426 g/mol. The summed E-state index contributed by atoms with van der Waals surface area (Å²) in [4.78, 5) is 4.57. The molecule has 0 unspecified atom stereocenters. The van der Waals surface area contributed by atoms with Gasteiger partial charge in [0.2, 0.25) is 5.89 Å². The third-order valence-electron chi connectivity index (χ3n) is 3.65. The maximum atomic E-state index is 6.01. The number of hydrogen-bond donors (Lipinski definition) is 1. The highest BCUT2D eigenvalue weighted by Gasteiger charge is 2.16. The lowest BCUT2D eigenvalue weighted by atomic mass is 10.1. The van der Waals surface area contributed by atoms with E-state index in [2.05, 4.69) is 43.8 Å². The monoisotopic (exact) mass is 424 g/mol. The Morgan fingerprint density at radius 2 is 1.91 bits per heavy atom. The number of benzene rings is 2. The summed E-state index contributed by atoms with van der Waals surface area (Å²) in [6.45, 7) is 4.10. The number of anilines is 1. The van der Waals surface area contributed by atoms with Gasteiger partial charge in [-0.1, -0.05) is 0 Å². The molecule has 4 nitrogen and oxygen atoms in total. The first kappa shape index (κ1) is 15.4. The van der Waals surface area contributed by atoms with Crippen molar-refractivity contribution in [3.63, 3.8) is 0 Å². The Hall–Kier alpha value is -1.53. The van der Waals surface area contributed by atoms with E-state index in [1.54, 1.807) is 13.2 Å². The molecule has 0 bridgehead atoms. The van der Waals surface area contributed by atoms with Crippen LogP contribution in [0.3, 0.4) is 0 Å². The second-order valence-corrected chi connectivity index (χ2v) is 6.73. The van der Waals surface area contributed by atoms with Gasteiger partial charge in [-0.2, -0.15) is 0 Å². The summed E-state index contributed by atoms with van der Waals surface area (Å²) in [7, 11) is 1.58. The van der Waals surface area contributed by atoms with Crippen LogP contribution in [0.2, 0.25) is 0 Å². The van der Waals surface area contributed by atoms with Gasteiger partial charge in [-0.3, -0.25) is 0 Å². The molecule has 0 saturated heterocycles. The molecule has 0 radical (unpaired) electrons. The number of hydrogen-bond acceptors (Lipinski definition) is 4. The Balaban J connectivity index is 2.21. The van der Waals surface area contributed by atoms with E-state index >= 15 is 0 Å². The normalized spacial score (nSPS) is 11.1. The summed E-state index contributed by atoms with van der Waals surface area (Å²) >= 11 is 7.03. The minimum atomic E-state index is 0.524. The molecule has 3 aromatic rings. The van der Waals surface area contributed by atoms with Crippen molar-refractivity contribution in [3.05, 3.63) is 38.3 Å². The van der Waals surface area contributed by atoms with Crippen molar-refractivity contribution in [3.8, 4) is 17.2 Å². The number of methoxy groups -OCH3 is 1. The van der Waals surface area contributed by atoms with Crippen molar-refractivity contribution in [1.29, 1.82) is 0 Å². The predicted molar refractivity (Wildman–Crippen MR) is 95.3 cm³/mol. The first-order valence-electron chi connectivity index (χ1n) is 6.62. The standard InChI is InChI=1S/C16H14Br2N2O2/c1-7-4-12-15(13(18)8(7)2)22-16(20-12)9-5-10(17)14(21-3)11(19)6-9/h4-6H,19H2,1-3H3. The van der Waals surface area contributed by atoms with Crippen LogP contribution in [0.1, 0.15) is 11.1 Å². The number of aryl methyl sites for hydroxylation is 1. The molecule has 0 spiro atoms. The van der Waals surface area contributed by atoms with E-state index in [9.17, 15) is 0 Å². The molecule has 2 aromatic carbocycles. The first-order valence-corrected chi connectivity index (χ1v) is 8.20. The Morgan fingerprint density at radius 1 is 1.18 bits per heavy atom. The van der Waals surface area contributed by atoms with Crippen molar-refractivity contribution in [2.45, 2.75) is 13.8 Å². The topological polar surface area (TPSA) is 61.3 Å². The second-order valence-electron chi connectivity index (χ2n) is 5.08. The lowest BCUT2D eigenvalue weighted by molar-refractivity contribution is 0.414. The lowest BCUT2D eigenvalue weighted by Crippen LogP contribution is -1.94. The Labute approximate surface area is 144 Å². The van der Waals surface area contributed by atoms with Gasteiger partial charge in [0.15, 0.2) is 11.3 Å². The Kier molecular flexibility index (Phi) is 3.91. The molecule has 0 aliphatic carbocycles. The van der Waals surface area contributed by atoms with Crippen LogP contribution in [0.25, 0.3) is 22.6 Å². The zero-order valence-electron chi connectivity index (χ0n) is 12.3. The largest absolute Gasteiger partial charge is 0.493 e. The van der Waals surface area contributed by atoms with Gasteiger partial charge >= 0.3 is 0 Å². The number of rotatable bonds is 2. The number of oxazole rings is 1. The van der Waals surface area contributed by atoms with Crippen LogP contribution in [-0.2, 0) is 0 Å². The predicted octanol–water partition coefficient (Wildman–Crippen LogP) is 5.23. The number of aromatic nitrogens is 1. The van der Waals surface area contributed by atoms with Gasteiger partial charge in [0.1, 0.15) is 5.52 Å². The van der Waals surface area contributed by atoms with Crippen LogP contribution in [0.5, 0.6) is 5.75 Å². The number of ether oxygens (including phenoxy) is 1. The van der Waals surface area contributed by atoms with E-state index in [-0.39, 0.29) is 0 Å². The first-order chi connectivity index (χ1) is 10.4. The summed E-state index contributed by atoms with van der Waals surface area (Å²) in [6.07, 6.45) is 0. The fraction of sp³-hybridized carbons (Fsp3) is 0.188. The zero-order chi connectivity index (χ0) is 16.0. The van der Waals surface area contributed by atoms with Crippen molar-refractivity contribution in [2.75, 3.05) is 12.8 Å². The molecule has 0 aliphatic rings. The van der Waals surface area contributed by atoms with E-state index in [4.69, 9.17) is 14.9 Å². The summed E-state index contributed by atoms with van der Waals surface area (Å²) in [5, 5.41) is 0. The number of fused-ring (bicyclic) bond motifs is 1. The molecule has 22 heavy (non-hydrogen) atoms. The van der Waals surface area contributed by atoms with E-state index in [0.717, 1.165) is 36.7 Å². The minimum Gasteiger partial charge on any atom is -0.493 e. The van der Waals surface area contributed by atoms with Crippen LogP contribution in [0.4, 0.5) is 5.69 Å². The van der Waals surface area contributed by atoms with Crippen LogP contribution < -0.4 is 10.5 Å². The van der Waals surface area contributed by atoms with E-state index in [0.29, 0.717) is 17.3 Å². The molecule has 0 saturated carbocycles. The van der Waals surface area contributed by atoms with E-state index < -0.39 is 0 Å². The highest BCUT2D eigenvalue weighted by molar-refractivity contribution is 9.11. The van der Waals surface area contributed by atoms with Crippen molar-refractivity contribution in [2.24, 2.45) is 0 Å². The lowest BCUT2D eigenvalue weighted by Gasteiger charge is -2.08. The number of nitrogen functional groups attached to an aromatic ring is 1. The highest BCUT2D eigenvalue weighted by atomic mass is 79.9. The number of halogens is 2. The summed E-state index contributed by atoms with van der Waals surface area (Å²) < 4.78 is 12.9. The van der Waals surface area contributed by atoms with E-state index in [1.807, 2.05) is 19.1 Å². The average Bonchev–Trinajstić information content (AvgIpc) is 2.88. The smallest absolute Gasteiger partial charge is 0.227 e. The molecule has 0 amide bonds. The van der Waals surface area contributed by atoms with Gasteiger partial charge in [-0.25, -0.2) is 4.98 Å². The van der Waals surface area contributed by atoms with Gasteiger partial charge < -0.3 is 14.9 Å². The minimum absolute atomic E-state index is 0.524. The fourth-order valence-corrected chi connectivity index (χ4v) is 3.55. The molecule has 0 aliphatic heterocycles. The maximum absolute atomic E-state index is 6.01. The molecule has 114 valence electrons. The quantitative estimate of drug-likeness (QED) is 0.571. The van der Waals surface area contributed by atoms with Crippen LogP contribution in [-0.4, -0.2) is 12.1 Å². The molecule has 0 atom stereocenters. The van der Waals surface area contributed by atoms with E-state index in [1.165, 1.54) is 0 Å². The third-order valence-corrected chi connectivity index (χ3v) is 5.19. The molecular formula is C16H14Br2N2O2. The molecule has 1 heterocycles. The molecule has 1 aromatic heterocycles. The maximum Gasteiger partial charge on any atom is 0.227 e. The van der Waals surface area contributed by atoms with Crippen molar-refractivity contribution in [1.82, 2.24) is 4.98 Å². The third kappa shape index (κ3) is 2.40. The van der Waals surface area contributed by atoms with Gasteiger partial charge in [0, 0.05) is 5.56 Å². The van der Waals surface area contributed by atoms with Crippen molar-refractivity contribution >= 4 is 48.6 Å².